The smallest absolute Gasteiger partial charge is 0.462 e. The number of ether oxygens (including phenoxy) is 2. The molecular formula is C43H79O13P. The number of Topliss-reactive ketones (excluding diaryl/α,β-unsaturated/α-hetero) is 1. The van der Waals surface area contributed by atoms with Crippen molar-refractivity contribution >= 4 is 25.5 Å². The van der Waals surface area contributed by atoms with Gasteiger partial charge in [-0.15, -0.1) is 0 Å². The Labute approximate surface area is 343 Å². The minimum atomic E-state index is -4.68. The van der Waals surface area contributed by atoms with E-state index in [1.54, 1.807) is 12.2 Å². The second kappa shape index (κ2) is 33.1. The average molecular weight is 835 g/mol. The third kappa shape index (κ3) is 27.6. The van der Waals surface area contributed by atoms with Crippen LogP contribution in [0.25, 0.3) is 0 Å². The number of unbranched alkanes of at least 4 members (excludes halogenated alkanes) is 14. The molecule has 0 aliphatic heterocycles. The molecule has 1 aliphatic carbocycles. The molecule has 0 bridgehead atoms. The van der Waals surface area contributed by atoms with Gasteiger partial charge in [0.1, 0.15) is 18.5 Å². The molecular weight excluding hydrogens is 755 g/mol. The van der Waals surface area contributed by atoms with E-state index in [1.807, 2.05) is 0 Å². The summed E-state index contributed by atoms with van der Waals surface area (Å²) in [6.07, 6.45) is 20.8. The molecule has 1 fully saturated rings. The zero-order valence-electron chi connectivity index (χ0n) is 35.4. The van der Waals surface area contributed by atoms with Gasteiger partial charge in [-0.05, 0) is 31.6 Å². The summed E-state index contributed by atoms with van der Waals surface area (Å²) < 4.78 is 32.7. The number of aliphatic hydroxyl groups excluding tert-OH is 4. The topological polar surface area (TPSA) is 206 Å². The van der Waals surface area contributed by atoms with E-state index in [0.717, 1.165) is 57.3 Å². The zero-order chi connectivity index (χ0) is 42.3. The molecule has 2 unspecified atom stereocenters. The lowest BCUT2D eigenvalue weighted by Crippen LogP contribution is -2.29. The van der Waals surface area contributed by atoms with E-state index in [0.29, 0.717) is 32.1 Å². The monoisotopic (exact) mass is 835 g/mol. The summed E-state index contributed by atoms with van der Waals surface area (Å²) in [7, 11) is -4.68. The summed E-state index contributed by atoms with van der Waals surface area (Å²) in [6, 6.07) is 0. The van der Waals surface area contributed by atoms with Gasteiger partial charge in [-0.3, -0.25) is 23.4 Å². The van der Waals surface area contributed by atoms with E-state index in [1.165, 1.54) is 51.4 Å². The first-order valence-electron chi connectivity index (χ1n) is 22.1. The second-order valence-corrected chi connectivity index (χ2v) is 17.6. The van der Waals surface area contributed by atoms with Crippen molar-refractivity contribution in [2.45, 2.75) is 199 Å². The fourth-order valence-corrected chi connectivity index (χ4v) is 7.77. The minimum Gasteiger partial charge on any atom is -0.462 e. The van der Waals surface area contributed by atoms with Gasteiger partial charge in [-0.2, -0.15) is 0 Å². The number of aliphatic hydroxyl groups is 4. The number of ketones is 1. The third-order valence-electron chi connectivity index (χ3n) is 10.9. The maximum absolute atomic E-state index is 12.7. The third-order valence-corrected chi connectivity index (χ3v) is 11.8. The lowest BCUT2D eigenvalue weighted by Gasteiger charge is -2.20. The Bertz CT molecular complexity index is 1130. The van der Waals surface area contributed by atoms with E-state index >= 15 is 0 Å². The van der Waals surface area contributed by atoms with Gasteiger partial charge in [-0.1, -0.05) is 142 Å². The van der Waals surface area contributed by atoms with Crippen LogP contribution in [0.4, 0.5) is 0 Å². The molecule has 14 heteroatoms. The SMILES string of the molecule is CCCCC[C@H](O)/C=C/[C@H]1[C@H](O)CC(=O)[C@@H]1CCCCCCC(=O)O[C@H](COC(=O)CCCCCCCCCCCCC(C)CC)COP(=O)(O)OC[C@@H](O)CO. The molecule has 334 valence electrons. The van der Waals surface area contributed by atoms with E-state index < -0.39 is 64.0 Å². The number of rotatable bonds is 37. The Kier molecular flexibility index (Phi) is 30.9. The van der Waals surface area contributed by atoms with Crippen LogP contribution in [0, 0.1) is 17.8 Å². The van der Waals surface area contributed by atoms with Gasteiger partial charge < -0.3 is 34.8 Å². The van der Waals surface area contributed by atoms with Crippen molar-refractivity contribution in [2.75, 3.05) is 26.4 Å². The van der Waals surface area contributed by atoms with E-state index in [-0.39, 0.29) is 43.5 Å². The predicted octanol–water partition coefficient (Wildman–Crippen LogP) is 8.06. The van der Waals surface area contributed by atoms with Gasteiger partial charge in [0.05, 0.1) is 32.0 Å². The van der Waals surface area contributed by atoms with Crippen LogP contribution in [0.3, 0.4) is 0 Å². The van der Waals surface area contributed by atoms with Crippen LogP contribution in [0.5, 0.6) is 0 Å². The Morgan fingerprint density at radius 1 is 0.789 bits per heavy atom. The predicted molar refractivity (Wildman–Crippen MR) is 220 cm³/mol. The van der Waals surface area contributed by atoms with Gasteiger partial charge in [0.2, 0.25) is 0 Å². The van der Waals surface area contributed by atoms with Gasteiger partial charge in [0.25, 0.3) is 0 Å². The molecule has 0 aromatic rings. The van der Waals surface area contributed by atoms with Crippen molar-refractivity contribution in [3.63, 3.8) is 0 Å². The van der Waals surface area contributed by atoms with Crippen molar-refractivity contribution in [3.05, 3.63) is 12.2 Å². The Morgan fingerprint density at radius 3 is 1.96 bits per heavy atom. The first-order chi connectivity index (χ1) is 27.3. The van der Waals surface area contributed by atoms with Crippen molar-refractivity contribution in [1.82, 2.24) is 0 Å². The average Bonchev–Trinajstić information content (AvgIpc) is 3.46. The highest BCUT2D eigenvalue weighted by Crippen LogP contribution is 2.43. The Balaban J connectivity index is 2.45. The van der Waals surface area contributed by atoms with Crippen LogP contribution in [0.15, 0.2) is 12.2 Å². The Hall–Kier alpha value is -1.70. The van der Waals surface area contributed by atoms with Gasteiger partial charge >= 0.3 is 19.8 Å². The second-order valence-electron chi connectivity index (χ2n) is 16.1. The summed E-state index contributed by atoms with van der Waals surface area (Å²) in [5, 5.41) is 39.1. The normalized spacial score (nSPS) is 20.4. The van der Waals surface area contributed by atoms with Crippen molar-refractivity contribution in [1.29, 1.82) is 0 Å². The summed E-state index contributed by atoms with van der Waals surface area (Å²) in [4.78, 5) is 47.8. The highest BCUT2D eigenvalue weighted by Gasteiger charge is 2.39. The molecule has 5 N–H and O–H groups in total. The molecule has 1 saturated carbocycles. The van der Waals surface area contributed by atoms with Crippen LogP contribution in [0.2, 0.25) is 0 Å². The number of hydrogen-bond acceptors (Lipinski definition) is 12. The fraction of sp³-hybridized carbons (Fsp3) is 0.884. The highest BCUT2D eigenvalue weighted by atomic mass is 31.2. The lowest BCUT2D eigenvalue weighted by atomic mass is 9.88. The van der Waals surface area contributed by atoms with E-state index in [4.69, 9.17) is 19.1 Å². The van der Waals surface area contributed by atoms with Gasteiger partial charge in [0, 0.05) is 31.1 Å². The van der Waals surface area contributed by atoms with E-state index in [2.05, 4.69) is 25.3 Å². The molecule has 1 rings (SSSR count). The molecule has 0 spiro atoms. The first kappa shape index (κ1) is 53.3. The van der Waals surface area contributed by atoms with Crippen LogP contribution >= 0.6 is 7.82 Å². The largest absolute Gasteiger partial charge is 0.472 e. The molecule has 0 radical (unpaired) electrons. The number of hydrogen-bond donors (Lipinski definition) is 5. The van der Waals surface area contributed by atoms with Crippen molar-refractivity contribution in [3.8, 4) is 0 Å². The maximum Gasteiger partial charge on any atom is 0.472 e. The highest BCUT2D eigenvalue weighted by molar-refractivity contribution is 7.47. The standard InChI is InChI=1S/C43H79O13P/c1-4-6-17-23-35(45)27-28-39-38(40(47)29-41(39)48)24-19-15-16-21-26-43(50)56-37(33-55-57(51,52)54-31-36(46)30-44)32-53-42(49)25-20-14-12-10-8-7-9-11-13-18-22-34(3)5-2/h27-28,34-39,41,44-46,48H,4-26,29-33H2,1-3H3,(H,51,52)/b28-27+/t34?,35-,36-,37+,38+,39+,41+/m0/s1. The molecule has 0 amide bonds. The van der Waals surface area contributed by atoms with Gasteiger partial charge in [0.15, 0.2) is 6.10 Å². The van der Waals surface area contributed by atoms with Crippen LogP contribution in [-0.2, 0) is 37.5 Å². The summed E-state index contributed by atoms with van der Waals surface area (Å²) in [6.45, 7) is 4.34. The van der Waals surface area contributed by atoms with Crippen LogP contribution < -0.4 is 0 Å². The summed E-state index contributed by atoms with van der Waals surface area (Å²) >= 11 is 0. The van der Waals surface area contributed by atoms with E-state index in [9.17, 15) is 39.2 Å². The number of carbonyl (C=O) groups is 3. The number of esters is 2. The number of carbonyl (C=O) groups excluding carboxylic acids is 3. The molecule has 0 aromatic heterocycles. The van der Waals surface area contributed by atoms with Crippen LogP contribution in [0.1, 0.15) is 175 Å². The lowest BCUT2D eigenvalue weighted by molar-refractivity contribution is -0.161. The number of phosphoric acid groups is 1. The Morgan fingerprint density at radius 2 is 1.35 bits per heavy atom. The number of phosphoric ester groups is 1. The van der Waals surface area contributed by atoms with Crippen molar-refractivity contribution < 1.29 is 62.8 Å². The molecule has 57 heavy (non-hydrogen) atoms. The minimum absolute atomic E-state index is 0.0247. The molecule has 1 aliphatic rings. The summed E-state index contributed by atoms with van der Waals surface area (Å²) in [5.41, 5.74) is 0. The molecule has 8 atom stereocenters. The van der Waals surface area contributed by atoms with Gasteiger partial charge in [-0.25, -0.2) is 4.57 Å². The summed E-state index contributed by atoms with van der Waals surface area (Å²) in [5.74, 6) is -0.857. The first-order valence-corrected chi connectivity index (χ1v) is 23.6. The fourth-order valence-electron chi connectivity index (χ4n) is 6.98. The molecule has 0 heterocycles. The quantitative estimate of drug-likeness (QED) is 0.0174. The maximum atomic E-state index is 12.7. The van der Waals surface area contributed by atoms with Crippen molar-refractivity contribution in [2.24, 2.45) is 17.8 Å². The molecule has 0 saturated heterocycles. The molecule has 13 nitrogen and oxygen atoms in total. The zero-order valence-corrected chi connectivity index (χ0v) is 36.3. The van der Waals surface area contributed by atoms with Crippen LogP contribution in [-0.4, -0.2) is 93.9 Å². The molecule has 0 aromatic carbocycles.